The highest BCUT2D eigenvalue weighted by atomic mass is 127. The number of amides is 1. The number of benzene rings is 2. The van der Waals surface area contributed by atoms with Gasteiger partial charge in [-0.15, -0.1) is 5.10 Å². The van der Waals surface area contributed by atoms with Crippen LogP contribution in [0.4, 0.5) is 5.69 Å². The third kappa shape index (κ3) is 4.48. The van der Waals surface area contributed by atoms with E-state index in [1.54, 1.807) is 11.8 Å². The molecule has 0 saturated heterocycles. The Hall–Kier alpha value is -2.14. The smallest absolute Gasteiger partial charge is 0.234 e. The summed E-state index contributed by atoms with van der Waals surface area (Å²) in [6.45, 7) is 0. The average Bonchev–Trinajstić information content (AvgIpc) is 3.08. The van der Waals surface area contributed by atoms with Crippen LogP contribution in [0.5, 0.6) is 5.75 Å². The number of methoxy groups -OCH3 is 1. The number of thioether (sulfide) groups is 1. The van der Waals surface area contributed by atoms with Crippen molar-refractivity contribution in [3.8, 4) is 11.4 Å². The molecule has 1 aromatic heterocycles. The molecule has 2 aromatic carbocycles. The fourth-order valence-electron chi connectivity index (χ4n) is 2.12. The van der Waals surface area contributed by atoms with Crippen molar-refractivity contribution in [2.45, 2.75) is 5.16 Å². The van der Waals surface area contributed by atoms with E-state index in [1.165, 1.54) is 11.8 Å². The topological polar surface area (TPSA) is 81.9 Å². The Bertz CT molecular complexity index is 886. The lowest BCUT2D eigenvalue weighted by Crippen LogP contribution is -2.14. The van der Waals surface area contributed by atoms with Crippen LogP contribution in [0.25, 0.3) is 5.69 Å². The van der Waals surface area contributed by atoms with Gasteiger partial charge < -0.3 is 10.1 Å². The van der Waals surface area contributed by atoms with E-state index in [4.69, 9.17) is 4.74 Å². The number of carbonyl (C=O) groups excluding carboxylic acids is 1. The van der Waals surface area contributed by atoms with E-state index in [9.17, 15) is 4.79 Å². The summed E-state index contributed by atoms with van der Waals surface area (Å²) < 4.78 is 7.95. The first-order chi connectivity index (χ1) is 12.2. The van der Waals surface area contributed by atoms with Gasteiger partial charge in [0.2, 0.25) is 11.1 Å². The van der Waals surface area contributed by atoms with Gasteiger partial charge in [-0.1, -0.05) is 30.0 Å². The summed E-state index contributed by atoms with van der Waals surface area (Å²) in [5.74, 6) is 0.725. The molecule has 128 valence electrons. The Morgan fingerprint density at radius 3 is 2.92 bits per heavy atom. The highest BCUT2D eigenvalue weighted by Crippen LogP contribution is 2.25. The molecule has 3 rings (SSSR count). The van der Waals surface area contributed by atoms with Crippen molar-refractivity contribution in [1.82, 2.24) is 20.2 Å². The summed E-state index contributed by atoms with van der Waals surface area (Å²) in [6, 6.07) is 15.0. The number of nitrogens with one attached hydrogen (secondary N) is 1. The molecule has 1 N–H and O–H groups in total. The molecule has 3 aromatic rings. The minimum Gasteiger partial charge on any atom is -0.494 e. The predicted octanol–water partition coefficient (Wildman–Crippen LogP) is 3.01. The van der Waals surface area contributed by atoms with Gasteiger partial charge in [-0.3, -0.25) is 4.79 Å². The van der Waals surface area contributed by atoms with Crippen molar-refractivity contribution < 1.29 is 9.53 Å². The summed E-state index contributed by atoms with van der Waals surface area (Å²) in [4.78, 5) is 12.2. The lowest BCUT2D eigenvalue weighted by Gasteiger charge is -2.09. The molecule has 0 atom stereocenters. The molecular weight excluding hydrogens is 453 g/mol. The largest absolute Gasteiger partial charge is 0.494 e. The third-order valence-corrected chi connectivity index (χ3v) is 4.79. The molecule has 0 radical (unpaired) electrons. The maximum absolute atomic E-state index is 12.2. The first-order valence-corrected chi connectivity index (χ1v) is 9.34. The number of tetrazole rings is 1. The maximum atomic E-state index is 12.2. The Morgan fingerprint density at radius 1 is 1.28 bits per heavy atom. The van der Waals surface area contributed by atoms with Gasteiger partial charge in [0.05, 0.1) is 12.9 Å². The van der Waals surface area contributed by atoms with Crippen LogP contribution < -0.4 is 10.1 Å². The fraction of sp³-hybridized carbons (Fsp3) is 0.125. The lowest BCUT2D eigenvalue weighted by atomic mass is 10.3. The number of aromatic nitrogens is 4. The zero-order valence-corrected chi connectivity index (χ0v) is 16.2. The zero-order chi connectivity index (χ0) is 17.6. The summed E-state index contributed by atoms with van der Waals surface area (Å²) in [6.07, 6.45) is 0. The van der Waals surface area contributed by atoms with Crippen molar-refractivity contribution in [2.24, 2.45) is 0 Å². The van der Waals surface area contributed by atoms with E-state index in [1.807, 2.05) is 48.5 Å². The maximum Gasteiger partial charge on any atom is 0.234 e. The number of para-hydroxylation sites is 2. The second-order valence-corrected chi connectivity index (χ2v) is 7.08. The van der Waals surface area contributed by atoms with Gasteiger partial charge in [0.25, 0.3) is 0 Å². The number of hydrogen-bond acceptors (Lipinski definition) is 6. The van der Waals surface area contributed by atoms with E-state index in [2.05, 4.69) is 43.4 Å². The zero-order valence-electron chi connectivity index (χ0n) is 13.2. The lowest BCUT2D eigenvalue weighted by molar-refractivity contribution is -0.113. The van der Waals surface area contributed by atoms with Crippen LogP contribution >= 0.6 is 34.4 Å². The minimum absolute atomic E-state index is 0.124. The van der Waals surface area contributed by atoms with E-state index in [-0.39, 0.29) is 11.7 Å². The molecule has 9 heteroatoms. The number of nitrogens with zero attached hydrogens (tertiary/aromatic N) is 4. The quantitative estimate of drug-likeness (QED) is 0.444. The van der Waals surface area contributed by atoms with Crippen LogP contribution in [-0.4, -0.2) is 39.0 Å². The van der Waals surface area contributed by atoms with Crippen LogP contribution in [0.15, 0.2) is 53.7 Å². The molecule has 0 spiro atoms. The molecule has 0 aliphatic carbocycles. The van der Waals surface area contributed by atoms with Gasteiger partial charge in [-0.05, 0) is 63.3 Å². The van der Waals surface area contributed by atoms with Crippen molar-refractivity contribution in [1.29, 1.82) is 0 Å². The standard InChI is InChI=1S/C16H14IN5O2S/c1-24-14-8-3-2-7-13(14)22-16(19-20-21-22)25-10-15(23)18-12-6-4-5-11(17)9-12/h2-9H,10H2,1H3,(H,18,23). The normalized spacial score (nSPS) is 10.5. The average molecular weight is 467 g/mol. The van der Waals surface area contributed by atoms with Gasteiger partial charge >= 0.3 is 0 Å². The summed E-state index contributed by atoms with van der Waals surface area (Å²) >= 11 is 3.46. The predicted molar refractivity (Wildman–Crippen MR) is 104 cm³/mol. The van der Waals surface area contributed by atoms with Crippen molar-refractivity contribution in [3.05, 3.63) is 52.1 Å². The van der Waals surface area contributed by atoms with Gasteiger partial charge in [0.15, 0.2) is 0 Å². The van der Waals surface area contributed by atoms with Crippen LogP contribution in [0.3, 0.4) is 0 Å². The van der Waals surface area contributed by atoms with E-state index in [0.717, 1.165) is 14.9 Å². The first-order valence-electron chi connectivity index (χ1n) is 7.27. The molecule has 0 saturated carbocycles. The number of rotatable bonds is 6. The summed E-state index contributed by atoms with van der Waals surface area (Å²) in [5.41, 5.74) is 1.48. The van der Waals surface area contributed by atoms with Crippen molar-refractivity contribution >= 4 is 45.9 Å². The molecule has 0 unspecified atom stereocenters. The second-order valence-electron chi connectivity index (χ2n) is 4.89. The Kier molecular flexibility index (Phi) is 5.87. The number of ether oxygens (including phenoxy) is 1. The number of halogens is 1. The monoisotopic (exact) mass is 467 g/mol. The van der Waals surface area contributed by atoms with Crippen LogP contribution in [0, 0.1) is 3.57 Å². The molecule has 7 nitrogen and oxygen atoms in total. The Balaban J connectivity index is 1.68. The molecule has 0 bridgehead atoms. The third-order valence-electron chi connectivity index (χ3n) is 3.19. The molecule has 25 heavy (non-hydrogen) atoms. The first kappa shape index (κ1) is 17.7. The van der Waals surface area contributed by atoms with Crippen LogP contribution in [0.2, 0.25) is 0 Å². The van der Waals surface area contributed by atoms with Crippen molar-refractivity contribution in [3.63, 3.8) is 0 Å². The van der Waals surface area contributed by atoms with Gasteiger partial charge in [-0.2, -0.15) is 4.68 Å². The number of hydrogen-bond donors (Lipinski definition) is 1. The molecule has 0 fully saturated rings. The molecule has 0 aliphatic rings. The Morgan fingerprint density at radius 2 is 2.12 bits per heavy atom. The van der Waals surface area contributed by atoms with Crippen molar-refractivity contribution in [2.75, 3.05) is 18.2 Å². The molecule has 0 aliphatic heterocycles. The molecular formula is C16H14IN5O2S. The Labute approximate surface area is 162 Å². The minimum atomic E-state index is -0.124. The van der Waals surface area contributed by atoms with Gasteiger partial charge in [0.1, 0.15) is 11.4 Å². The highest BCUT2D eigenvalue weighted by Gasteiger charge is 2.14. The fourth-order valence-corrected chi connectivity index (χ4v) is 3.35. The SMILES string of the molecule is COc1ccccc1-n1nnnc1SCC(=O)Nc1cccc(I)c1. The van der Waals surface area contributed by atoms with E-state index in [0.29, 0.717) is 10.9 Å². The van der Waals surface area contributed by atoms with E-state index < -0.39 is 0 Å². The number of anilines is 1. The van der Waals surface area contributed by atoms with Gasteiger partial charge in [-0.25, -0.2) is 0 Å². The molecule has 1 heterocycles. The van der Waals surface area contributed by atoms with E-state index >= 15 is 0 Å². The highest BCUT2D eigenvalue weighted by molar-refractivity contribution is 14.1. The summed E-state index contributed by atoms with van der Waals surface area (Å²) in [7, 11) is 1.59. The number of carbonyl (C=O) groups is 1. The second kappa shape index (κ2) is 8.30. The van der Waals surface area contributed by atoms with Crippen LogP contribution in [0.1, 0.15) is 0 Å². The van der Waals surface area contributed by atoms with Crippen LogP contribution in [-0.2, 0) is 4.79 Å². The van der Waals surface area contributed by atoms with Gasteiger partial charge in [0, 0.05) is 9.26 Å². The summed E-state index contributed by atoms with van der Waals surface area (Å²) in [5, 5.41) is 15.1. The molecule has 1 amide bonds.